The number of anilines is 1. The van der Waals surface area contributed by atoms with Crippen molar-refractivity contribution in [1.29, 1.82) is 0 Å². The lowest BCUT2D eigenvalue weighted by atomic mass is 10.0. The van der Waals surface area contributed by atoms with Crippen molar-refractivity contribution in [3.8, 4) is 0 Å². The van der Waals surface area contributed by atoms with Crippen molar-refractivity contribution >= 4 is 22.9 Å². The zero-order valence-corrected chi connectivity index (χ0v) is 12.3. The molecule has 3 N–H and O–H groups in total. The summed E-state index contributed by atoms with van der Waals surface area (Å²) in [6.45, 7) is 0. The minimum Gasteiger partial charge on any atom is -0.478 e. The summed E-state index contributed by atoms with van der Waals surface area (Å²) in [7, 11) is 0. The van der Waals surface area contributed by atoms with Gasteiger partial charge in [0.1, 0.15) is 5.82 Å². The van der Waals surface area contributed by atoms with Crippen LogP contribution in [0, 0.1) is 5.82 Å². The first-order valence-corrected chi connectivity index (χ1v) is 7.54. The highest BCUT2D eigenvalue weighted by Gasteiger charge is 2.07. The molecule has 0 amide bonds. The number of carboxylic acids is 1. The first-order chi connectivity index (χ1) is 10.5. The van der Waals surface area contributed by atoms with Gasteiger partial charge in [-0.25, -0.2) is 13.4 Å². The summed E-state index contributed by atoms with van der Waals surface area (Å²) in [5.74, 6) is -1.60. The number of rotatable bonds is 6. The molecule has 0 aromatic heterocycles. The molecular formula is C15H14FNO4S. The molecule has 0 saturated heterocycles. The van der Waals surface area contributed by atoms with E-state index in [1.165, 1.54) is 18.2 Å². The molecule has 2 aromatic rings. The monoisotopic (exact) mass is 323 g/mol. The van der Waals surface area contributed by atoms with Gasteiger partial charge in [0.05, 0.1) is 11.3 Å². The van der Waals surface area contributed by atoms with Gasteiger partial charge >= 0.3 is 5.97 Å². The molecule has 2 aromatic carbocycles. The van der Waals surface area contributed by atoms with E-state index in [0.29, 0.717) is 12.8 Å². The molecule has 0 aliphatic rings. The van der Waals surface area contributed by atoms with E-state index in [1.807, 2.05) is 6.07 Å². The lowest BCUT2D eigenvalue weighted by molar-refractivity contribution is 0.0696. The smallest absolute Gasteiger partial charge is 0.335 e. The Labute approximate surface area is 129 Å². The summed E-state index contributed by atoms with van der Waals surface area (Å²) in [4.78, 5) is 10.9. The average Bonchev–Trinajstić information content (AvgIpc) is 2.48. The van der Waals surface area contributed by atoms with Crippen LogP contribution in [0.1, 0.15) is 21.5 Å². The van der Waals surface area contributed by atoms with E-state index in [2.05, 4.69) is 4.72 Å². The second-order valence-corrected chi connectivity index (χ2v) is 5.37. The van der Waals surface area contributed by atoms with Crippen LogP contribution in [-0.4, -0.2) is 19.8 Å². The molecule has 116 valence electrons. The Bertz CT molecular complexity index is 720. The highest BCUT2D eigenvalue weighted by atomic mass is 32.2. The largest absolute Gasteiger partial charge is 0.478 e. The van der Waals surface area contributed by atoms with Crippen LogP contribution in [0.15, 0.2) is 42.5 Å². The average molecular weight is 323 g/mol. The second-order valence-electron chi connectivity index (χ2n) is 4.67. The van der Waals surface area contributed by atoms with Gasteiger partial charge in [-0.3, -0.25) is 9.27 Å². The van der Waals surface area contributed by atoms with Crippen LogP contribution in [0.2, 0.25) is 0 Å². The lowest BCUT2D eigenvalue weighted by Gasteiger charge is -2.07. The first kappa shape index (κ1) is 16.1. The number of hydrogen-bond donors (Lipinski definition) is 3. The van der Waals surface area contributed by atoms with Gasteiger partial charge in [-0.05, 0) is 48.2 Å². The van der Waals surface area contributed by atoms with Gasteiger partial charge in [-0.2, -0.15) is 0 Å². The maximum absolute atomic E-state index is 13.5. The van der Waals surface area contributed by atoms with E-state index >= 15 is 0 Å². The molecule has 22 heavy (non-hydrogen) atoms. The fraction of sp³-hybridized carbons (Fsp3) is 0.133. The predicted molar refractivity (Wildman–Crippen MR) is 81.6 cm³/mol. The third kappa shape index (κ3) is 4.37. The van der Waals surface area contributed by atoms with Gasteiger partial charge in [0.25, 0.3) is 11.3 Å². The van der Waals surface area contributed by atoms with Crippen molar-refractivity contribution < 1.29 is 23.1 Å². The predicted octanol–water partition coefficient (Wildman–Crippen LogP) is 2.86. The topological polar surface area (TPSA) is 86.6 Å². The van der Waals surface area contributed by atoms with Crippen molar-refractivity contribution in [3.05, 3.63) is 65.0 Å². The van der Waals surface area contributed by atoms with Gasteiger partial charge in [-0.15, -0.1) is 0 Å². The summed E-state index contributed by atoms with van der Waals surface area (Å²) < 4.78 is 35.0. The molecule has 2 rings (SSSR count). The Kier molecular flexibility index (Phi) is 5.24. The molecule has 0 aliphatic carbocycles. The Hall–Kier alpha value is -2.25. The maximum atomic E-state index is 13.5. The molecule has 0 aliphatic heterocycles. The van der Waals surface area contributed by atoms with Crippen molar-refractivity contribution in [1.82, 2.24) is 0 Å². The van der Waals surface area contributed by atoms with E-state index in [4.69, 9.17) is 9.66 Å². The van der Waals surface area contributed by atoms with E-state index < -0.39 is 23.1 Å². The number of aryl methyl sites for hydroxylation is 2. The lowest BCUT2D eigenvalue weighted by Crippen LogP contribution is -2.05. The SMILES string of the molecule is O=C(O)c1cccc(CCc2ccc(F)c(NS(=O)O)c2)c1. The minimum absolute atomic E-state index is 0.0439. The minimum atomic E-state index is -2.34. The number of halogens is 1. The van der Waals surface area contributed by atoms with E-state index in [-0.39, 0.29) is 11.3 Å². The third-order valence-electron chi connectivity index (χ3n) is 3.10. The summed E-state index contributed by atoms with van der Waals surface area (Å²) in [6.07, 6.45) is 1.13. The zero-order valence-electron chi connectivity index (χ0n) is 11.5. The Morgan fingerprint density at radius 1 is 1.14 bits per heavy atom. The molecule has 1 unspecified atom stereocenters. The number of aromatic carboxylic acids is 1. The highest BCUT2D eigenvalue weighted by molar-refractivity contribution is 7.80. The van der Waals surface area contributed by atoms with Crippen LogP contribution >= 0.6 is 0 Å². The van der Waals surface area contributed by atoms with Crippen molar-refractivity contribution in [3.63, 3.8) is 0 Å². The molecule has 1 atom stereocenters. The van der Waals surface area contributed by atoms with Crippen molar-refractivity contribution in [2.24, 2.45) is 0 Å². The van der Waals surface area contributed by atoms with Crippen LogP contribution in [0.4, 0.5) is 10.1 Å². The fourth-order valence-corrected chi connectivity index (χ4v) is 2.39. The van der Waals surface area contributed by atoms with Crippen LogP contribution < -0.4 is 4.72 Å². The first-order valence-electron chi connectivity index (χ1n) is 6.44. The zero-order chi connectivity index (χ0) is 16.1. The van der Waals surface area contributed by atoms with Gasteiger partial charge in [-0.1, -0.05) is 18.2 Å². The Balaban J connectivity index is 2.10. The highest BCUT2D eigenvalue weighted by Crippen LogP contribution is 2.18. The molecule has 0 heterocycles. The van der Waals surface area contributed by atoms with Gasteiger partial charge in [0.15, 0.2) is 0 Å². The number of hydrogen-bond acceptors (Lipinski definition) is 2. The van der Waals surface area contributed by atoms with Crippen LogP contribution in [0.25, 0.3) is 0 Å². The maximum Gasteiger partial charge on any atom is 0.335 e. The molecule has 5 nitrogen and oxygen atoms in total. The molecular weight excluding hydrogens is 309 g/mol. The molecule has 0 radical (unpaired) electrons. The quantitative estimate of drug-likeness (QED) is 0.714. The summed E-state index contributed by atoms with van der Waals surface area (Å²) in [5.41, 5.74) is 1.80. The molecule has 0 spiro atoms. The number of carboxylic acid groups (broad SMARTS) is 1. The second kappa shape index (κ2) is 7.15. The Morgan fingerprint density at radius 2 is 1.82 bits per heavy atom. The van der Waals surface area contributed by atoms with Crippen molar-refractivity contribution in [2.45, 2.75) is 12.8 Å². The standard InChI is InChI=1S/C15H14FNO4S/c16-13-7-6-11(9-14(13)17-22(20)21)5-4-10-2-1-3-12(8-10)15(18)19/h1-3,6-9,17H,4-5H2,(H,18,19)(H,20,21). The summed E-state index contributed by atoms with van der Waals surface area (Å²) in [6, 6.07) is 10.9. The number of carbonyl (C=O) groups is 1. The van der Waals surface area contributed by atoms with E-state index in [9.17, 15) is 13.4 Å². The van der Waals surface area contributed by atoms with Crippen molar-refractivity contribution in [2.75, 3.05) is 4.72 Å². The molecule has 0 bridgehead atoms. The Morgan fingerprint density at radius 3 is 2.45 bits per heavy atom. The van der Waals surface area contributed by atoms with E-state index in [0.717, 1.165) is 11.1 Å². The van der Waals surface area contributed by atoms with Crippen LogP contribution in [0.5, 0.6) is 0 Å². The number of benzene rings is 2. The third-order valence-corrected chi connectivity index (χ3v) is 3.50. The van der Waals surface area contributed by atoms with Gasteiger partial charge < -0.3 is 5.11 Å². The molecule has 0 fully saturated rings. The number of nitrogens with one attached hydrogen (secondary N) is 1. The summed E-state index contributed by atoms with van der Waals surface area (Å²) >= 11 is -2.34. The normalized spacial score (nSPS) is 11.9. The molecule has 0 saturated carbocycles. The van der Waals surface area contributed by atoms with Gasteiger partial charge in [0, 0.05) is 0 Å². The van der Waals surface area contributed by atoms with Crippen LogP contribution in [0.3, 0.4) is 0 Å². The van der Waals surface area contributed by atoms with Crippen LogP contribution in [-0.2, 0) is 24.1 Å². The summed E-state index contributed by atoms with van der Waals surface area (Å²) in [5, 5.41) is 8.94. The molecule has 7 heteroatoms. The van der Waals surface area contributed by atoms with E-state index in [1.54, 1.807) is 18.2 Å². The van der Waals surface area contributed by atoms with Gasteiger partial charge in [0.2, 0.25) is 0 Å². The fourth-order valence-electron chi connectivity index (χ4n) is 2.05.